The molecule has 0 aliphatic rings. The van der Waals surface area contributed by atoms with Crippen LogP contribution in [0.15, 0.2) is 23.4 Å². The second-order valence-electron chi connectivity index (χ2n) is 3.10. The van der Waals surface area contributed by atoms with Crippen molar-refractivity contribution in [2.24, 2.45) is 10.9 Å². The van der Waals surface area contributed by atoms with Gasteiger partial charge in [-0.25, -0.2) is 0 Å². The number of rotatable bonds is 4. The predicted molar refractivity (Wildman–Crippen MR) is 59.7 cm³/mol. The van der Waals surface area contributed by atoms with Crippen LogP contribution >= 0.6 is 11.6 Å². The summed E-state index contributed by atoms with van der Waals surface area (Å²) < 4.78 is 5.43. The highest BCUT2D eigenvalue weighted by Crippen LogP contribution is 2.21. The van der Waals surface area contributed by atoms with Crippen molar-refractivity contribution in [1.29, 1.82) is 0 Å². The Bertz CT molecular complexity index is 366. The van der Waals surface area contributed by atoms with Gasteiger partial charge in [-0.05, 0) is 30.7 Å². The van der Waals surface area contributed by atoms with E-state index >= 15 is 0 Å². The van der Waals surface area contributed by atoms with Gasteiger partial charge in [0.15, 0.2) is 0 Å². The molecule has 1 aromatic carbocycles. The van der Waals surface area contributed by atoms with Crippen LogP contribution in [0.2, 0.25) is 5.02 Å². The van der Waals surface area contributed by atoms with Gasteiger partial charge in [0.05, 0.1) is 6.61 Å². The van der Waals surface area contributed by atoms with E-state index in [1.807, 2.05) is 13.0 Å². The van der Waals surface area contributed by atoms with Gasteiger partial charge in [-0.3, -0.25) is 0 Å². The highest BCUT2D eigenvalue weighted by molar-refractivity contribution is 6.30. The van der Waals surface area contributed by atoms with E-state index in [-0.39, 0.29) is 5.84 Å². The van der Waals surface area contributed by atoms with Crippen molar-refractivity contribution < 1.29 is 9.94 Å². The minimum atomic E-state index is 0.154. The molecule has 0 fully saturated rings. The van der Waals surface area contributed by atoms with Crippen molar-refractivity contribution in [2.45, 2.75) is 13.3 Å². The molecular weight excluding hydrogens is 216 g/mol. The summed E-state index contributed by atoms with van der Waals surface area (Å²) in [6, 6.07) is 5.37. The summed E-state index contributed by atoms with van der Waals surface area (Å²) in [6.07, 6.45) is 0.387. The third-order valence-corrected chi connectivity index (χ3v) is 2.12. The van der Waals surface area contributed by atoms with E-state index in [4.69, 9.17) is 27.3 Å². The third kappa shape index (κ3) is 3.67. The molecule has 0 amide bonds. The number of benzene rings is 1. The Labute approximate surface area is 93.3 Å². The van der Waals surface area contributed by atoms with Gasteiger partial charge in [0.25, 0.3) is 0 Å². The Morgan fingerprint density at radius 1 is 1.60 bits per heavy atom. The van der Waals surface area contributed by atoms with Gasteiger partial charge in [-0.1, -0.05) is 16.8 Å². The van der Waals surface area contributed by atoms with Crippen LogP contribution in [0.5, 0.6) is 5.75 Å². The first kappa shape index (κ1) is 11.7. The number of nitrogens with zero attached hydrogens (tertiary/aromatic N) is 1. The average Bonchev–Trinajstić information content (AvgIpc) is 2.21. The van der Waals surface area contributed by atoms with Gasteiger partial charge < -0.3 is 15.7 Å². The van der Waals surface area contributed by atoms with Crippen molar-refractivity contribution in [3.8, 4) is 5.75 Å². The maximum Gasteiger partial charge on any atom is 0.142 e. The smallest absolute Gasteiger partial charge is 0.142 e. The SMILES string of the molecule is Cc1cc(Cl)ccc1OCC/C(N)=N/O. The van der Waals surface area contributed by atoms with Gasteiger partial charge in [0.2, 0.25) is 0 Å². The molecule has 0 heterocycles. The Balaban J connectivity index is 2.51. The number of aryl methyl sites for hydroxylation is 1. The first-order valence-corrected chi connectivity index (χ1v) is 4.86. The normalized spacial score (nSPS) is 11.5. The second kappa shape index (κ2) is 5.46. The molecular formula is C10H13ClN2O2. The zero-order valence-electron chi connectivity index (χ0n) is 8.40. The summed E-state index contributed by atoms with van der Waals surface area (Å²) in [4.78, 5) is 0. The lowest BCUT2D eigenvalue weighted by Crippen LogP contribution is -2.15. The Morgan fingerprint density at radius 2 is 2.33 bits per heavy atom. The maximum atomic E-state index is 8.31. The molecule has 15 heavy (non-hydrogen) atoms. The molecule has 3 N–H and O–H groups in total. The molecule has 0 saturated carbocycles. The molecule has 0 bridgehead atoms. The molecule has 5 heteroatoms. The van der Waals surface area contributed by atoms with Crippen LogP contribution in [0.4, 0.5) is 0 Å². The minimum absolute atomic E-state index is 0.154. The van der Waals surface area contributed by atoms with Gasteiger partial charge in [-0.2, -0.15) is 0 Å². The molecule has 1 rings (SSSR count). The molecule has 0 aliphatic heterocycles. The molecule has 4 nitrogen and oxygen atoms in total. The van der Waals surface area contributed by atoms with Crippen molar-refractivity contribution in [3.63, 3.8) is 0 Å². The molecule has 0 atom stereocenters. The number of amidine groups is 1. The number of halogens is 1. The van der Waals surface area contributed by atoms with Crippen LogP contribution < -0.4 is 10.5 Å². The average molecular weight is 229 g/mol. The summed E-state index contributed by atoms with van der Waals surface area (Å²) in [5, 5.41) is 11.8. The van der Waals surface area contributed by atoms with E-state index in [1.165, 1.54) is 0 Å². The molecule has 82 valence electrons. The highest BCUT2D eigenvalue weighted by Gasteiger charge is 2.00. The number of hydrogen-bond acceptors (Lipinski definition) is 3. The van der Waals surface area contributed by atoms with E-state index in [9.17, 15) is 0 Å². The summed E-state index contributed by atoms with van der Waals surface area (Å²) in [6.45, 7) is 2.28. The van der Waals surface area contributed by atoms with Crippen LogP contribution in [0.25, 0.3) is 0 Å². The monoisotopic (exact) mass is 228 g/mol. The zero-order chi connectivity index (χ0) is 11.3. The molecule has 0 aliphatic carbocycles. The van der Waals surface area contributed by atoms with Crippen molar-refractivity contribution in [3.05, 3.63) is 28.8 Å². The molecule has 0 unspecified atom stereocenters. The maximum absolute atomic E-state index is 8.31. The highest BCUT2D eigenvalue weighted by atomic mass is 35.5. The lowest BCUT2D eigenvalue weighted by Gasteiger charge is -2.08. The van der Waals surface area contributed by atoms with Crippen LogP contribution in [0.3, 0.4) is 0 Å². The predicted octanol–water partition coefficient (Wildman–Crippen LogP) is 2.16. The summed E-state index contributed by atoms with van der Waals surface area (Å²) in [5.74, 6) is 0.909. The van der Waals surface area contributed by atoms with Crippen LogP contribution in [-0.4, -0.2) is 17.6 Å². The molecule has 0 spiro atoms. The fourth-order valence-electron chi connectivity index (χ4n) is 1.09. The van der Waals surface area contributed by atoms with Crippen molar-refractivity contribution in [2.75, 3.05) is 6.61 Å². The fourth-order valence-corrected chi connectivity index (χ4v) is 1.32. The number of nitrogens with two attached hydrogens (primary N) is 1. The topological polar surface area (TPSA) is 67.8 Å². The third-order valence-electron chi connectivity index (χ3n) is 1.88. The van der Waals surface area contributed by atoms with Crippen LogP contribution in [0, 0.1) is 6.92 Å². The van der Waals surface area contributed by atoms with Gasteiger partial charge in [0.1, 0.15) is 11.6 Å². The number of hydrogen-bond donors (Lipinski definition) is 2. The molecule has 0 radical (unpaired) electrons. The standard InChI is InChI=1S/C10H13ClN2O2/c1-7-6-8(11)2-3-9(7)15-5-4-10(12)13-14/h2-3,6,14H,4-5H2,1H3,(H2,12,13). The largest absolute Gasteiger partial charge is 0.493 e. The van der Waals surface area contributed by atoms with Gasteiger partial charge >= 0.3 is 0 Å². The minimum Gasteiger partial charge on any atom is -0.493 e. The Morgan fingerprint density at radius 3 is 2.93 bits per heavy atom. The second-order valence-corrected chi connectivity index (χ2v) is 3.54. The van der Waals surface area contributed by atoms with Crippen LogP contribution in [0.1, 0.15) is 12.0 Å². The summed E-state index contributed by atoms with van der Waals surface area (Å²) >= 11 is 5.80. The lowest BCUT2D eigenvalue weighted by atomic mass is 10.2. The summed E-state index contributed by atoms with van der Waals surface area (Å²) in [5.41, 5.74) is 6.26. The van der Waals surface area contributed by atoms with E-state index in [2.05, 4.69) is 5.16 Å². The molecule has 0 aromatic heterocycles. The van der Waals surface area contributed by atoms with Crippen LogP contribution in [-0.2, 0) is 0 Å². The summed E-state index contributed by atoms with van der Waals surface area (Å²) in [7, 11) is 0. The quantitative estimate of drug-likeness (QED) is 0.359. The Kier molecular flexibility index (Phi) is 4.24. The fraction of sp³-hybridized carbons (Fsp3) is 0.300. The van der Waals surface area contributed by atoms with E-state index in [1.54, 1.807) is 12.1 Å². The number of oxime groups is 1. The van der Waals surface area contributed by atoms with Gasteiger partial charge in [-0.15, -0.1) is 0 Å². The molecule has 1 aromatic rings. The Hall–Kier alpha value is -1.42. The zero-order valence-corrected chi connectivity index (χ0v) is 9.16. The van der Waals surface area contributed by atoms with Gasteiger partial charge in [0, 0.05) is 11.4 Å². The van der Waals surface area contributed by atoms with E-state index < -0.39 is 0 Å². The van der Waals surface area contributed by atoms with E-state index in [0.717, 1.165) is 11.3 Å². The van der Waals surface area contributed by atoms with Crippen molar-refractivity contribution in [1.82, 2.24) is 0 Å². The van der Waals surface area contributed by atoms with Crippen molar-refractivity contribution >= 4 is 17.4 Å². The lowest BCUT2D eigenvalue weighted by molar-refractivity contribution is 0.305. The van der Waals surface area contributed by atoms with E-state index in [0.29, 0.717) is 18.1 Å². The first-order valence-electron chi connectivity index (χ1n) is 4.49. The molecule has 0 saturated heterocycles. The first-order chi connectivity index (χ1) is 7.13. The number of ether oxygens (including phenoxy) is 1.